The van der Waals surface area contributed by atoms with Gasteiger partial charge in [-0.2, -0.15) is 0 Å². The van der Waals surface area contributed by atoms with Gasteiger partial charge in [0.15, 0.2) is 29.1 Å². The molecular weight excluding hydrogens is 548 g/mol. The summed E-state index contributed by atoms with van der Waals surface area (Å²) >= 11 is 0. The first-order valence-corrected chi connectivity index (χ1v) is 13.4. The van der Waals surface area contributed by atoms with E-state index >= 15 is 0 Å². The third-order valence-electron chi connectivity index (χ3n) is 6.93. The summed E-state index contributed by atoms with van der Waals surface area (Å²) in [5.74, 6) is -7.62. The van der Waals surface area contributed by atoms with Crippen molar-refractivity contribution < 1.29 is 22.4 Å². The van der Waals surface area contributed by atoms with Crippen LogP contribution in [0.15, 0.2) is 53.7 Å². The average Bonchev–Trinajstić information content (AvgIpc) is 3.04. The Hall–Kier alpha value is -4.73. The lowest BCUT2D eigenvalue weighted by Crippen LogP contribution is -2.31. The van der Waals surface area contributed by atoms with Crippen LogP contribution in [0, 0.1) is 35.1 Å². The number of likely N-dealkylation sites (N-methyl/N-ethyl adjacent to an activating group) is 1. The van der Waals surface area contributed by atoms with Crippen LogP contribution in [-0.4, -0.2) is 22.9 Å². The zero-order valence-electron chi connectivity index (χ0n) is 23.5. The summed E-state index contributed by atoms with van der Waals surface area (Å²) < 4.78 is 56.2. The third-order valence-corrected chi connectivity index (χ3v) is 6.93. The minimum absolute atomic E-state index is 0.159. The van der Waals surface area contributed by atoms with E-state index in [9.17, 15) is 27.3 Å². The molecule has 216 valence electrons. The van der Waals surface area contributed by atoms with Crippen molar-refractivity contribution >= 4 is 29.6 Å². The number of benzene rings is 3. The number of amides is 1. The van der Waals surface area contributed by atoms with Crippen LogP contribution in [0.5, 0.6) is 0 Å². The molecule has 10 heteroatoms. The summed E-state index contributed by atoms with van der Waals surface area (Å²) in [5.41, 5.74) is 3.28. The van der Waals surface area contributed by atoms with Crippen LogP contribution in [0.3, 0.4) is 0 Å². The third kappa shape index (κ3) is 5.83. The van der Waals surface area contributed by atoms with Gasteiger partial charge in [-0.15, -0.1) is 4.91 Å². The van der Waals surface area contributed by atoms with Crippen molar-refractivity contribution in [3.8, 4) is 11.3 Å². The Bertz CT molecular complexity index is 1660. The molecule has 5 rings (SSSR count). The molecule has 1 heterocycles. The number of carbonyl (C=O) groups is 1. The van der Waals surface area contributed by atoms with Crippen molar-refractivity contribution in [1.29, 1.82) is 0 Å². The van der Waals surface area contributed by atoms with Gasteiger partial charge in [0.05, 0.1) is 17.8 Å². The Kier molecular flexibility index (Phi) is 9.25. The number of rotatable bonds is 6. The standard InChI is InChI=1S/C30H22F4N4O2.C2H6/c1-16-21(26(32)28(34)27(33)25(16)31)15-24(39)38(2)30-23(12-8-17-6-4-3-5-7-17)35-29-20-11-10-19(37-40)14-18(20)9-13-22(29)36-30;1-2/h3-8,10-12,14H,9,13,15H2,1-2H3;1-2H3/b12-8+;. The van der Waals surface area contributed by atoms with E-state index in [-0.39, 0.29) is 5.82 Å². The Morgan fingerprint density at radius 2 is 1.62 bits per heavy atom. The van der Waals surface area contributed by atoms with Crippen molar-refractivity contribution in [2.75, 3.05) is 11.9 Å². The highest BCUT2D eigenvalue weighted by atomic mass is 19.2. The molecule has 0 N–H and O–H groups in total. The molecule has 1 aliphatic carbocycles. The Morgan fingerprint density at radius 3 is 2.31 bits per heavy atom. The number of hydrogen-bond donors (Lipinski definition) is 0. The summed E-state index contributed by atoms with van der Waals surface area (Å²) in [6.45, 7) is 5.08. The minimum Gasteiger partial charge on any atom is -0.298 e. The molecule has 0 fully saturated rings. The zero-order valence-corrected chi connectivity index (χ0v) is 23.5. The summed E-state index contributed by atoms with van der Waals surface area (Å²) in [6.07, 6.45) is 3.77. The monoisotopic (exact) mass is 576 g/mol. The number of nitroso groups, excluding NO2 is 1. The first-order valence-electron chi connectivity index (χ1n) is 13.4. The Balaban J connectivity index is 0.00000198. The first kappa shape index (κ1) is 30.2. The summed E-state index contributed by atoms with van der Waals surface area (Å²) in [4.78, 5) is 35.0. The molecule has 0 radical (unpaired) electrons. The van der Waals surface area contributed by atoms with Crippen molar-refractivity contribution in [3.63, 3.8) is 0 Å². The highest BCUT2D eigenvalue weighted by molar-refractivity contribution is 5.96. The number of aromatic nitrogens is 2. The number of halogens is 4. The van der Waals surface area contributed by atoms with E-state index in [0.717, 1.165) is 28.5 Å². The fourth-order valence-corrected chi connectivity index (χ4v) is 4.67. The second-order valence-corrected chi connectivity index (χ2v) is 9.39. The number of anilines is 1. The summed E-state index contributed by atoms with van der Waals surface area (Å²) in [5, 5.41) is 3.00. The number of aryl methyl sites for hydroxylation is 2. The van der Waals surface area contributed by atoms with E-state index in [1.807, 2.05) is 44.2 Å². The predicted octanol–water partition coefficient (Wildman–Crippen LogP) is 7.91. The molecule has 0 aliphatic heterocycles. The van der Waals surface area contributed by atoms with E-state index in [1.165, 1.54) is 7.05 Å². The second-order valence-electron chi connectivity index (χ2n) is 9.39. The maximum absolute atomic E-state index is 14.5. The zero-order chi connectivity index (χ0) is 30.6. The topological polar surface area (TPSA) is 75.5 Å². The molecule has 6 nitrogen and oxygen atoms in total. The lowest BCUT2D eigenvalue weighted by molar-refractivity contribution is -0.117. The van der Waals surface area contributed by atoms with Crippen LogP contribution in [0.4, 0.5) is 29.1 Å². The van der Waals surface area contributed by atoms with Crippen LogP contribution >= 0.6 is 0 Å². The molecule has 0 saturated carbocycles. The van der Waals surface area contributed by atoms with E-state index in [1.54, 1.807) is 30.4 Å². The number of nitrogens with zero attached hydrogens (tertiary/aromatic N) is 4. The molecule has 42 heavy (non-hydrogen) atoms. The fraction of sp³-hybridized carbons (Fsp3) is 0.219. The van der Waals surface area contributed by atoms with Gasteiger partial charge in [0.25, 0.3) is 0 Å². The van der Waals surface area contributed by atoms with Gasteiger partial charge in [0.1, 0.15) is 11.4 Å². The molecule has 0 saturated heterocycles. The Morgan fingerprint density at radius 1 is 0.929 bits per heavy atom. The lowest BCUT2D eigenvalue weighted by Gasteiger charge is -2.24. The number of carbonyl (C=O) groups excluding carboxylic acids is 1. The van der Waals surface area contributed by atoms with Crippen LogP contribution in [0.1, 0.15) is 47.5 Å². The number of fused-ring (bicyclic) bond motifs is 3. The molecule has 1 aliphatic rings. The van der Waals surface area contributed by atoms with Crippen LogP contribution < -0.4 is 4.90 Å². The quantitative estimate of drug-likeness (QED) is 0.101. The first-order chi connectivity index (χ1) is 20.2. The van der Waals surface area contributed by atoms with Gasteiger partial charge in [0, 0.05) is 18.2 Å². The second kappa shape index (κ2) is 12.8. The molecule has 1 amide bonds. The fourth-order valence-electron chi connectivity index (χ4n) is 4.67. The molecule has 4 aromatic rings. The average molecular weight is 577 g/mol. The van der Waals surface area contributed by atoms with Gasteiger partial charge in [0.2, 0.25) is 5.91 Å². The van der Waals surface area contributed by atoms with Crippen LogP contribution in [-0.2, 0) is 24.1 Å². The van der Waals surface area contributed by atoms with E-state index < -0.39 is 46.7 Å². The largest absolute Gasteiger partial charge is 0.298 e. The van der Waals surface area contributed by atoms with E-state index in [2.05, 4.69) is 5.18 Å². The lowest BCUT2D eigenvalue weighted by atomic mass is 9.91. The van der Waals surface area contributed by atoms with Crippen molar-refractivity contribution in [2.24, 2.45) is 5.18 Å². The molecule has 3 aromatic carbocycles. The molecule has 1 aromatic heterocycles. The highest BCUT2D eigenvalue weighted by Gasteiger charge is 2.28. The highest BCUT2D eigenvalue weighted by Crippen LogP contribution is 2.36. The SMILES string of the molecule is CC.Cc1c(F)c(F)c(F)c(F)c1CC(=O)N(C)c1nc2c(nc1/C=C/c1ccccc1)-c1ccc(N=O)cc1CC2. The van der Waals surface area contributed by atoms with Gasteiger partial charge >= 0.3 is 0 Å². The smallest absolute Gasteiger partial charge is 0.232 e. The summed E-state index contributed by atoms with van der Waals surface area (Å²) in [7, 11) is 1.40. The van der Waals surface area contributed by atoms with Gasteiger partial charge in [-0.05, 0) is 59.8 Å². The molecule has 0 spiro atoms. The normalized spacial score (nSPS) is 11.8. The van der Waals surface area contributed by atoms with Crippen molar-refractivity contribution in [3.05, 3.63) is 110 Å². The predicted molar refractivity (Wildman–Crippen MR) is 155 cm³/mol. The molecule has 0 unspecified atom stereocenters. The van der Waals surface area contributed by atoms with Crippen LogP contribution in [0.25, 0.3) is 23.4 Å². The van der Waals surface area contributed by atoms with Crippen LogP contribution in [0.2, 0.25) is 0 Å². The van der Waals surface area contributed by atoms with Gasteiger partial charge in [-0.25, -0.2) is 27.5 Å². The number of hydrogen-bond acceptors (Lipinski definition) is 5. The van der Waals surface area contributed by atoms with Crippen molar-refractivity contribution in [2.45, 2.75) is 40.0 Å². The van der Waals surface area contributed by atoms with E-state index in [4.69, 9.17) is 9.97 Å². The Labute approximate surface area is 240 Å². The summed E-state index contributed by atoms with van der Waals surface area (Å²) in [6, 6.07) is 14.4. The van der Waals surface area contributed by atoms with E-state index in [0.29, 0.717) is 35.6 Å². The van der Waals surface area contributed by atoms with Gasteiger partial charge < -0.3 is 0 Å². The molecule has 0 atom stereocenters. The maximum atomic E-state index is 14.5. The molecular formula is C32H28F4N4O2. The minimum atomic E-state index is -1.97. The van der Waals surface area contributed by atoms with Crippen molar-refractivity contribution in [1.82, 2.24) is 9.97 Å². The van der Waals surface area contributed by atoms with Gasteiger partial charge in [-0.1, -0.05) is 56.3 Å². The van der Waals surface area contributed by atoms with Gasteiger partial charge in [-0.3, -0.25) is 9.69 Å². The maximum Gasteiger partial charge on any atom is 0.232 e. The molecule has 0 bridgehead atoms.